The lowest BCUT2D eigenvalue weighted by Gasteiger charge is -2.56. The highest BCUT2D eigenvalue weighted by molar-refractivity contribution is 6.33. The van der Waals surface area contributed by atoms with Crippen molar-refractivity contribution in [1.82, 2.24) is 10.2 Å². The highest BCUT2D eigenvalue weighted by atomic mass is 35.5. The van der Waals surface area contributed by atoms with E-state index in [1.165, 1.54) is 12.0 Å². The Morgan fingerprint density at radius 1 is 1.07 bits per heavy atom. The topological polar surface area (TPSA) is 133 Å². The summed E-state index contributed by atoms with van der Waals surface area (Å²) in [4.78, 5) is 37.6. The van der Waals surface area contributed by atoms with E-state index in [2.05, 4.69) is 40.2 Å². The van der Waals surface area contributed by atoms with Crippen molar-refractivity contribution < 1.29 is 38.9 Å². The smallest absolute Gasteiger partial charge is 0.323 e. The van der Waals surface area contributed by atoms with Gasteiger partial charge in [-0.05, 0) is 68.2 Å². The Morgan fingerprint density at radius 2 is 1.81 bits per heavy atom. The van der Waals surface area contributed by atoms with E-state index < -0.39 is 47.6 Å². The van der Waals surface area contributed by atoms with Gasteiger partial charge in [-0.25, -0.2) is 0 Å². The zero-order valence-electron chi connectivity index (χ0n) is 32.2. The maximum atomic E-state index is 14.2. The Hall–Kier alpha value is -3.39. The summed E-state index contributed by atoms with van der Waals surface area (Å²) < 4.78 is 18.1. The lowest BCUT2D eigenvalue weighted by molar-refractivity contribution is -0.225. The molecule has 294 valence electrons. The molecule has 2 saturated heterocycles. The van der Waals surface area contributed by atoms with Gasteiger partial charge in [-0.2, -0.15) is 0 Å². The predicted octanol–water partition coefficient (Wildman–Crippen LogP) is 4.65. The van der Waals surface area contributed by atoms with Crippen molar-refractivity contribution >= 4 is 34.9 Å². The van der Waals surface area contributed by atoms with E-state index in [4.69, 9.17) is 30.6 Å². The molecule has 3 heterocycles. The van der Waals surface area contributed by atoms with Gasteiger partial charge in [0.2, 0.25) is 0 Å². The average Bonchev–Trinajstić information content (AvgIpc) is 3.49. The second kappa shape index (κ2) is 15.3. The summed E-state index contributed by atoms with van der Waals surface area (Å²) in [5.41, 5.74) is -0.139. The average molecular weight is 767 g/mol. The molecule has 13 heteroatoms. The van der Waals surface area contributed by atoms with Crippen molar-refractivity contribution in [2.75, 3.05) is 56.3 Å². The molecule has 54 heavy (non-hydrogen) atoms. The Morgan fingerprint density at radius 3 is 2.54 bits per heavy atom. The number of hydroxylamine groups is 1. The normalized spacial score (nSPS) is 34.2. The summed E-state index contributed by atoms with van der Waals surface area (Å²) in [6.07, 6.45) is 0.577. The molecule has 1 saturated carbocycles. The maximum Gasteiger partial charge on any atom is 0.323 e. The number of hydrogen-bond acceptors (Lipinski definition) is 12. The molecule has 2 aromatic carbocycles. The van der Waals surface area contributed by atoms with Crippen LogP contribution >= 0.6 is 11.6 Å². The summed E-state index contributed by atoms with van der Waals surface area (Å²) in [6, 6.07) is 12.5. The van der Waals surface area contributed by atoms with Crippen LogP contribution in [0.1, 0.15) is 59.4 Å². The molecule has 10 atom stereocenters. The fourth-order valence-corrected chi connectivity index (χ4v) is 10.2. The number of benzene rings is 2. The molecule has 0 radical (unpaired) electrons. The fraction of sp³-hybridized carbons (Fsp3) is 0.610. The van der Waals surface area contributed by atoms with E-state index in [0.717, 1.165) is 62.6 Å². The monoisotopic (exact) mass is 766 g/mol. The van der Waals surface area contributed by atoms with Crippen molar-refractivity contribution in [3.63, 3.8) is 0 Å². The second-order valence-corrected chi connectivity index (χ2v) is 16.4. The molecule has 0 bridgehead atoms. The number of rotatable bonds is 9. The molecular weight excluding hydrogens is 712 g/mol. The van der Waals surface area contributed by atoms with Crippen LogP contribution in [0, 0.1) is 23.7 Å². The van der Waals surface area contributed by atoms with Crippen LogP contribution in [0.5, 0.6) is 5.75 Å². The van der Waals surface area contributed by atoms with Crippen LogP contribution in [0.3, 0.4) is 0 Å². The number of halogens is 1. The Balaban J connectivity index is 1.09. The van der Waals surface area contributed by atoms with Gasteiger partial charge in [0, 0.05) is 64.6 Å². The molecule has 3 fully saturated rings. The second-order valence-electron chi connectivity index (χ2n) is 16.0. The van der Waals surface area contributed by atoms with Gasteiger partial charge < -0.3 is 29.3 Å². The summed E-state index contributed by atoms with van der Waals surface area (Å²) in [7, 11) is 1.69. The zero-order valence-corrected chi connectivity index (χ0v) is 32.9. The molecule has 7 rings (SSSR count). The predicted molar refractivity (Wildman–Crippen MR) is 205 cm³/mol. The van der Waals surface area contributed by atoms with E-state index in [0.29, 0.717) is 22.9 Å². The SMILES string of the molecule is CCOc1ccccc1N1CCN(CC(C)[C@@H]2CC[C@@H](C)[C@@]3(O)[C@@H]2C=C(C)[C@@H](OC(C)=O)[C@@H]3OC(=O)[C@@H]2C[C@@]3(O)c4cccc(Cl)c4N(C)O[C@H]3N2)CC1. The zero-order chi connectivity index (χ0) is 38.5. The van der Waals surface area contributed by atoms with Gasteiger partial charge in [0.25, 0.3) is 0 Å². The third-order valence-corrected chi connectivity index (χ3v) is 13.0. The van der Waals surface area contributed by atoms with Crippen molar-refractivity contribution in [3.05, 3.63) is 64.7 Å². The molecule has 0 spiro atoms. The molecule has 5 aliphatic rings. The minimum absolute atomic E-state index is 0.0427. The summed E-state index contributed by atoms with van der Waals surface area (Å²) in [5.74, 6) is -0.566. The number of anilines is 2. The molecule has 12 nitrogen and oxygen atoms in total. The highest BCUT2D eigenvalue weighted by Crippen LogP contribution is 2.53. The minimum Gasteiger partial charge on any atom is -0.492 e. The molecule has 2 aromatic rings. The third kappa shape index (κ3) is 6.87. The largest absolute Gasteiger partial charge is 0.492 e. The number of ether oxygens (including phenoxy) is 3. The van der Waals surface area contributed by atoms with Gasteiger partial charge in [-0.1, -0.05) is 55.8 Å². The first kappa shape index (κ1) is 38.9. The maximum absolute atomic E-state index is 14.2. The van der Waals surface area contributed by atoms with Crippen LogP contribution in [-0.2, 0) is 29.5 Å². The minimum atomic E-state index is -1.57. The van der Waals surface area contributed by atoms with E-state index in [1.807, 2.05) is 32.9 Å². The number of fused-ring (bicyclic) bond motifs is 4. The lowest BCUT2D eigenvalue weighted by atomic mass is 9.55. The van der Waals surface area contributed by atoms with Crippen molar-refractivity contribution in [3.8, 4) is 5.75 Å². The molecule has 0 aromatic heterocycles. The van der Waals surface area contributed by atoms with Gasteiger partial charge in [0.1, 0.15) is 23.0 Å². The van der Waals surface area contributed by atoms with Crippen molar-refractivity contribution in [2.24, 2.45) is 23.7 Å². The highest BCUT2D eigenvalue weighted by Gasteiger charge is 2.62. The number of para-hydroxylation sites is 3. The van der Waals surface area contributed by atoms with Crippen molar-refractivity contribution in [1.29, 1.82) is 0 Å². The Labute approximate surface area is 323 Å². The number of esters is 2. The summed E-state index contributed by atoms with van der Waals surface area (Å²) >= 11 is 6.49. The van der Waals surface area contributed by atoms with E-state index in [-0.39, 0.29) is 30.1 Å². The number of nitrogens with one attached hydrogen (secondary N) is 1. The van der Waals surface area contributed by atoms with Crippen LogP contribution in [0.25, 0.3) is 0 Å². The first-order valence-electron chi connectivity index (χ1n) is 19.4. The standard InChI is InChI=1S/C41H55ClN4O8/c1-7-51-34-14-9-8-13-33(34)46-19-17-45(18-20-46)23-25(3)28-16-15-26(4)41(50)30(28)21-24(2)36(52-27(5)47)37(41)53-38(48)32-22-40(49)29-11-10-12-31(42)35(29)44(6)54-39(40)43-32/h8-14,21,25-26,28,30,32,36-37,39,43,49-50H,7,15-20,22-23H2,1-6H3/t25?,26-,28+,30-,32+,36-,37+,39-,40-,41-/m1/s1. The Kier molecular flexibility index (Phi) is 11.0. The first-order valence-corrected chi connectivity index (χ1v) is 19.8. The number of piperazine rings is 1. The molecular formula is C41H55ClN4O8. The number of carbonyl (C=O) groups excluding carboxylic acids is 2. The number of hydrogen-bond donors (Lipinski definition) is 3. The van der Waals surface area contributed by atoms with Gasteiger partial charge >= 0.3 is 11.9 Å². The number of nitrogens with zero attached hydrogens (tertiary/aromatic N) is 3. The van der Waals surface area contributed by atoms with Crippen LogP contribution in [-0.4, -0.2) is 104 Å². The third-order valence-electron chi connectivity index (χ3n) is 12.6. The molecule has 3 aliphatic heterocycles. The summed E-state index contributed by atoms with van der Waals surface area (Å²) in [6.45, 7) is 14.5. The van der Waals surface area contributed by atoms with E-state index in [1.54, 1.807) is 25.2 Å². The number of carbonyl (C=O) groups is 2. The molecule has 3 N–H and O–H groups in total. The van der Waals surface area contributed by atoms with Crippen molar-refractivity contribution in [2.45, 2.75) is 89.6 Å². The quantitative estimate of drug-likeness (QED) is 0.243. The molecule has 2 aliphatic carbocycles. The lowest BCUT2D eigenvalue weighted by Crippen LogP contribution is -2.66. The fourth-order valence-electron chi connectivity index (χ4n) is 9.87. The van der Waals surface area contributed by atoms with Gasteiger partial charge in [0.15, 0.2) is 18.4 Å². The van der Waals surface area contributed by atoms with Crippen LogP contribution in [0.2, 0.25) is 5.02 Å². The van der Waals surface area contributed by atoms with Gasteiger partial charge in [-0.3, -0.25) is 29.7 Å². The van der Waals surface area contributed by atoms with Crippen LogP contribution in [0.15, 0.2) is 54.1 Å². The van der Waals surface area contributed by atoms with Crippen LogP contribution < -0.4 is 20.0 Å². The molecule has 1 unspecified atom stereocenters. The van der Waals surface area contributed by atoms with Crippen LogP contribution in [0.4, 0.5) is 11.4 Å². The Bertz CT molecular complexity index is 1750. The molecule has 0 amide bonds. The van der Waals surface area contributed by atoms with E-state index in [9.17, 15) is 19.8 Å². The number of aliphatic hydroxyl groups is 2. The first-order chi connectivity index (χ1) is 25.8. The van der Waals surface area contributed by atoms with Gasteiger partial charge in [0.05, 0.1) is 23.0 Å². The van der Waals surface area contributed by atoms with Gasteiger partial charge in [-0.15, -0.1) is 0 Å². The van der Waals surface area contributed by atoms with E-state index >= 15 is 0 Å². The summed E-state index contributed by atoms with van der Waals surface area (Å²) in [5, 5.41) is 29.9.